The molecule has 0 amide bonds. The van der Waals surface area contributed by atoms with E-state index in [2.05, 4.69) is 9.97 Å². The van der Waals surface area contributed by atoms with Gasteiger partial charge in [-0.25, -0.2) is 9.97 Å². The maximum absolute atomic E-state index is 6.09. The topological polar surface area (TPSA) is 61.0 Å². The number of benzene rings is 1. The summed E-state index contributed by atoms with van der Waals surface area (Å²) in [7, 11) is 1.59. The highest BCUT2D eigenvalue weighted by molar-refractivity contribution is 7.99. The maximum atomic E-state index is 6.09. The number of aromatic nitrogens is 2. The molecule has 0 radical (unpaired) electrons. The molecule has 0 aliphatic heterocycles. The molecule has 2 N–H and O–H groups in total. The molecule has 0 fully saturated rings. The van der Waals surface area contributed by atoms with Crippen LogP contribution in [0.5, 0.6) is 0 Å². The van der Waals surface area contributed by atoms with Crippen molar-refractivity contribution in [3.05, 3.63) is 41.2 Å². The van der Waals surface area contributed by atoms with E-state index in [9.17, 15) is 0 Å². The van der Waals surface area contributed by atoms with Gasteiger partial charge in [0, 0.05) is 18.1 Å². The smallest absolute Gasteiger partial charge is 0.157 e. The van der Waals surface area contributed by atoms with Crippen molar-refractivity contribution in [3.63, 3.8) is 0 Å². The molecule has 1 aromatic heterocycles. The third kappa shape index (κ3) is 3.35. The number of anilines is 1. The fraction of sp³-hybridized carbons (Fsp3) is 0.167. The minimum Gasteiger partial charge on any atom is -0.384 e. The predicted molar refractivity (Wildman–Crippen MR) is 72.7 cm³/mol. The number of hydrogen-bond acceptors (Lipinski definition) is 5. The maximum Gasteiger partial charge on any atom is 0.157 e. The van der Waals surface area contributed by atoms with Crippen molar-refractivity contribution >= 4 is 29.2 Å². The van der Waals surface area contributed by atoms with Gasteiger partial charge in [-0.1, -0.05) is 35.5 Å². The average Bonchev–Trinajstić information content (AvgIpc) is 2.32. The number of rotatable bonds is 4. The Morgan fingerprint density at radius 3 is 2.83 bits per heavy atom. The summed E-state index contributed by atoms with van der Waals surface area (Å²) in [6.07, 6.45) is 0. The van der Waals surface area contributed by atoms with Gasteiger partial charge in [0.2, 0.25) is 0 Å². The molecular weight excluding hydrogens is 270 g/mol. The Morgan fingerprint density at radius 2 is 2.11 bits per heavy atom. The molecule has 6 heteroatoms. The molecule has 94 valence electrons. The fourth-order valence-electron chi connectivity index (χ4n) is 1.38. The van der Waals surface area contributed by atoms with E-state index in [1.54, 1.807) is 13.2 Å². The monoisotopic (exact) mass is 281 g/mol. The van der Waals surface area contributed by atoms with Crippen LogP contribution in [0.4, 0.5) is 5.82 Å². The third-order valence-electron chi connectivity index (χ3n) is 2.09. The normalized spacial score (nSPS) is 10.6. The van der Waals surface area contributed by atoms with Crippen molar-refractivity contribution in [2.45, 2.75) is 16.5 Å². The Labute approximate surface area is 115 Å². The summed E-state index contributed by atoms with van der Waals surface area (Å²) in [6, 6.07) is 9.30. The molecule has 1 aromatic carbocycles. The third-order valence-corrected chi connectivity index (χ3v) is 3.53. The lowest BCUT2D eigenvalue weighted by atomic mass is 10.4. The predicted octanol–water partition coefficient (Wildman–Crippen LogP) is 3.01. The number of nitrogens with zero attached hydrogens (tertiary/aromatic N) is 2. The summed E-state index contributed by atoms with van der Waals surface area (Å²) in [5.74, 6) is 0.985. The van der Waals surface area contributed by atoms with E-state index in [1.165, 1.54) is 11.8 Å². The zero-order valence-electron chi connectivity index (χ0n) is 9.76. The van der Waals surface area contributed by atoms with Gasteiger partial charge < -0.3 is 10.5 Å². The summed E-state index contributed by atoms with van der Waals surface area (Å²) in [6.45, 7) is 0.334. The second-order valence-electron chi connectivity index (χ2n) is 3.51. The molecule has 18 heavy (non-hydrogen) atoms. The summed E-state index contributed by atoms with van der Waals surface area (Å²) in [4.78, 5) is 9.36. The van der Waals surface area contributed by atoms with Gasteiger partial charge in [-0.2, -0.15) is 0 Å². The number of hydrogen-bond donors (Lipinski definition) is 1. The van der Waals surface area contributed by atoms with Crippen LogP contribution in [-0.2, 0) is 11.3 Å². The molecule has 0 unspecified atom stereocenters. The zero-order chi connectivity index (χ0) is 13.0. The van der Waals surface area contributed by atoms with Crippen LogP contribution in [0.2, 0.25) is 5.02 Å². The number of nitrogens with two attached hydrogens (primary N) is 1. The molecule has 0 atom stereocenters. The molecule has 0 aliphatic rings. The Balaban J connectivity index is 2.26. The summed E-state index contributed by atoms with van der Waals surface area (Å²) >= 11 is 7.54. The Hall–Kier alpha value is -1.30. The van der Waals surface area contributed by atoms with Crippen LogP contribution in [0.15, 0.2) is 40.3 Å². The van der Waals surface area contributed by atoms with E-state index in [0.717, 1.165) is 9.92 Å². The van der Waals surface area contributed by atoms with Crippen molar-refractivity contribution in [2.75, 3.05) is 12.8 Å². The highest BCUT2D eigenvalue weighted by atomic mass is 35.5. The van der Waals surface area contributed by atoms with E-state index >= 15 is 0 Å². The van der Waals surface area contributed by atoms with Crippen LogP contribution in [0.25, 0.3) is 0 Å². The van der Waals surface area contributed by atoms with E-state index in [1.807, 2.05) is 24.3 Å². The van der Waals surface area contributed by atoms with E-state index in [4.69, 9.17) is 22.1 Å². The molecular formula is C12H12ClN3OS. The van der Waals surface area contributed by atoms with Crippen molar-refractivity contribution in [1.29, 1.82) is 0 Å². The highest BCUT2D eigenvalue weighted by Crippen LogP contribution is 2.32. The summed E-state index contributed by atoms with van der Waals surface area (Å²) in [5.41, 5.74) is 5.73. The Kier molecular flexibility index (Phi) is 4.41. The standard InChI is InChI=1S/C12H12ClN3OS/c1-17-7-11-15-10(14)6-12(16-11)18-9-5-3-2-4-8(9)13/h2-6H,7H2,1H3,(H2,14,15,16). The van der Waals surface area contributed by atoms with Gasteiger partial charge in [0.15, 0.2) is 5.82 Å². The van der Waals surface area contributed by atoms with Gasteiger partial charge in [0.1, 0.15) is 17.5 Å². The SMILES string of the molecule is COCc1nc(N)cc(Sc2ccccc2Cl)n1. The van der Waals surface area contributed by atoms with Crippen molar-refractivity contribution in [1.82, 2.24) is 9.97 Å². The lowest BCUT2D eigenvalue weighted by Gasteiger charge is -2.06. The Bertz CT molecular complexity index is 551. The number of ether oxygens (including phenoxy) is 1. The molecule has 4 nitrogen and oxygen atoms in total. The van der Waals surface area contributed by atoms with Crippen LogP contribution >= 0.6 is 23.4 Å². The molecule has 0 bridgehead atoms. The first-order chi connectivity index (χ1) is 8.69. The van der Waals surface area contributed by atoms with Gasteiger partial charge in [-0.05, 0) is 12.1 Å². The van der Waals surface area contributed by atoms with Gasteiger partial charge in [0.25, 0.3) is 0 Å². The van der Waals surface area contributed by atoms with Crippen molar-refractivity contribution in [2.24, 2.45) is 0 Å². The highest BCUT2D eigenvalue weighted by Gasteiger charge is 2.06. The minimum atomic E-state index is 0.334. The molecule has 0 aliphatic carbocycles. The zero-order valence-corrected chi connectivity index (χ0v) is 11.3. The molecule has 1 heterocycles. The molecule has 0 spiro atoms. The van der Waals surface area contributed by atoms with Crippen LogP contribution in [0.3, 0.4) is 0 Å². The number of halogens is 1. The molecule has 2 aromatic rings. The van der Waals surface area contributed by atoms with Crippen molar-refractivity contribution < 1.29 is 4.74 Å². The summed E-state index contributed by atoms with van der Waals surface area (Å²) < 4.78 is 5.00. The van der Waals surface area contributed by atoms with Crippen LogP contribution in [0.1, 0.15) is 5.82 Å². The summed E-state index contributed by atoms with van der Waals surface area (Å²) in [5, 5.41) is 1.44. The first kappa shape index (κ1) is 13.1. The van der Waals surface area contributed by atoms with E-state index < -0.39 is 0 Å². The van der Waals surface area contributed by atoms with E-state index in [-0.39, 0.29) is 0 Å². The van der Waals surface area contributed by atoms with Crippen LogP contribution in [-0.4, -0.2) is 17.1 Å². The van der Waals surface area contributed by atoms with Crippen LogP contribution in [0, 0.1) is 0 Å². The van der Waals surface area contributed by atoms with Crippen molar-refractivity contribution in [3.8, 4) is 0 Å². The molecule has 0 saturated heterocycles. The Morgan fingerprint density at radius 1 is 1.33 bits per heavy atom. The molecule has 2 rings (SSSR count). The molecule has 0 saturated carbocycles. The van der Waals surface area contributed by atoms with Gasteiger partial charge in [0.05, 0.1) is 5.02 Å². The lowest BCUT2D eigenvalue weighted by Crippen LogP contribution is -2.01. The van der Waals surface area contributed by atoms with E-state index in [0.29, 0.717) is 23.3 Å². The van der Waals surface area contributed by atoms with Gasteiger partial charge in [-0.15, -0.1) is 0 Å². The second kappa shape index (κ2) is 6.04. The first-order valence-electron chi connectivity index (χ1n) is 5.24. The first-order valence-corrected chi connectivity index (χ1v) is 6.43. The van der Waals surface area contributed by atoms with Crippen LogP contribution < -0.4 is 5.73 Å². The fourth-order valence-corrected chi connectivity index (χ4v) is 2.50. The lowest BCUT2D eigenvalue weighted by molar-refractivity contribution is 0.177. The average molecular weight is 282 g/mol. The number of methoxy groups -OCH3 is 1. The van der Waals surface area contributed by atoms with Gasteiger partial charge >= 0.3 is 0 Å². The number of nitrogen functional groups attached to an aromatic ring is 1. The quantitative estimate of drug-likeness (QED) is 0.873. The van der Waals surface area contributed by atoms with Gasteiger partial charge in [-0.3, -0.25) is 0 Å². The largest absolute Gasteiger partial charge is 0.384 e. The minimum absolute atomic E-state index is 0.334. The second-order valence-corrected chi connectivity index (χ2v) is 4.98.